The molecule has 0 radical (unpaired) electrons. The summed E-state index contributed by atoms with van der Waals surface area (Å²) >= 11 is 0. The summed E-state index contributed by atoms with van der Waals surface area (Å²) in [5, 5.41) is 0. The van der Waals surface area contributed by atoms with Crippen molar-refractivity contribution in [3.8, 4) is 0 Å². The third-order valence-corrected chi connectivity index (χ3v) is 3.02. The number of unbranched alkanes of at least 4 members (excludes halogenated alkanes) is 2. The first-order valence-corrected chi connectivity index (χ1v) is 7.15. The minimum atomic E-state index is -0.160. The fourth-order valence-corrected chi connectivity index (χ4v) is 1.93. The number of hydrogen-bond acceptors (Lipinski definition) is 4. The number of cyclic esters (lactones) is 1. The highest BCUT2D eigenvalue weighted by Crippen LogP contribution is 2.18. The van der Waals surface area contributed by atoms with E-state index in [1.165, 1.54) is 0 Å². The zero-order valence-corrected chi connectivity index (χ0v) is 11.7. The van der Waals surface area contributed by atoms with Crippen LogP contribution >= 0.6 is 0 Å². The summed E-state index contributed by atoms with van der Waals surface area (Å²) in [6.45, 7) is 6.23. The van der Waals surface area contributed by atoms with E-state index >= 15 is 0 Å². The van der Waals surface area contributed by atoms with Crippen LogP contribution in [-0.2, 0) is 19.0 Å². The van der Waals surface area contributed by atoms with E-state index in [1.54, 1.807) is 0 Å². The van der Waals surface area contributed by atoms with Gasteiger partial charge in [0.15, 0.2) is 0 Å². The van der Waals surface area contributed by atoms with Crippen molar-refractivity contribution in [1.29, 1.82) is 0 Å². The van der Waals surface area contributed by atoms with E-state index in [1.807, 2.05) is 0 Å². The van der Waals surface area contributed by atoms with Crippen LogP contribution in [0.4, 0.5) is 0 Å². The molecule has 2 atom stereocenters. The summed E-state index contributed by atoms with van der Waals surface area (Å²) in [7, 11) is 0. The largest absolute Gasteiger partial charge is 0.460 e. The first kappa shape index (κ1) is 15.4. The van der Waals surface area contributed by atoms with Gasteiger partial charge in [0, 0.05) is 19.6 Å². The van der Waals surface area contributed by atoms with Gasteiger partial charge >= 0.3 is 5.97 Å². The SMILES string of the molecule is CCCCOCC1CC(OCCCC)CC(=O)O1. The molecule has 1 heterocycles. The third kappa shape index (κ3) is 6.36. The fraction of sp³-hybridized carbons (Fsp3) is 0.929. The van der Waals surface area contributed by atoms with Crippen LogP contribution in [0.15, 0.2) is 0 Å². The molecule has 0 bridgehead atoms. The van der Waals surface area contributed by atoms with Gasteiger partial charge in [-0.3, -0.25) is 4.79 Å². The molecule has 4 heteroatoms. The number of rotatable bonds is 9. The smallest absolute Gasteiger partial charge is 0.308 e. The van der Waals surface area contributed by atoms with Gasteiger partial charge in [0.2, 0.25) is 0 Å². The van der Waals surface area contributed by atoms with Crippen molar-refractivity contribution in [1.82, 2.24) is 0 Å². The Morgan fingerprint density at radius 2 is 1.94 bits per heavy atom. The maximum atomic E-state index is 11.4. The van der Waals surface area contributed by atoms with Gasteiger partial charge in [-0.25, -0.2) is 0 Å². The van der Waals surface area contributed by atoms with Crippen molar-refractivity contribution in [3.63, 3.8) is 0 Å². The standard InChI is InChI=1S/C14H26O4/c1-3-5-7-16-11-13-9-12(10-14(15)18-13)17-8-6-4-2/h12-13H,3-11H2,1-2H3. The van der Waals surface area contributed by atoms with Crippen LogP contribution in [0.1, 0.15) is 52.4 Å². The van der Waals surface area contributed by atoms with Gasteiger partial charge in [-0.2, -0.15) is 0 Å². The molecule has 0 aromatic rings. The highest BCUT2D eigenvalue weighted by Gasteiger charge is 2.29. The van der Waals surface area contributed by atoms with Crippen LogP contribution in [0.5, 0.6) is 0 Å². The van der Waals surface area contributed by atoms with Crippen molar-refractivity contribution in [2.24, 2.45) is 0 Å². The average molecular weight is 258 g/mol. The maximum absolute atomic E-state index is 11.4. The number of carbonyl (C=O) groups is 1. The summed E-state index contributed by atoms with van der Waals surface area (Å²) in [6, 6.07) is 0. The van der Waals surface area contributed by atoms with Crippen LogP contribution in [0.3, 0.4) is 0 Å². The first-order valence-electron chi connectivity index (χ1n) is 7.15. The van der Waals surface area contributed by atoms with Crippen molar-refractivity contribution in [2.45, 2.75) is 64.6 Å². The molecule has 0 aromatic carbocycles. The Balaban J connectivity index is 2.20. The second kappa shape index (κ2) is 9.34. The van der Waals surface area contributed by atoms with Gasteiger partial charge in [0.05, 0.1) is 19.1 Å². The predicted molar refractivity (Wildman–Crippen MR) is 69.5 cm³/mol. The molecule has 1 rings (SSSR count). The van der Waals surface area contributed by atoms with Crippen LogP contribution in [0.25, 0.3) is 0 Å². The Morgan fingerprint density at radius 3 is 2.67 bits per heavy atom. The Morgan fingerprint density at radius 1 is 1.22 bits per heavy atom. The van der Waals surface area contributed by atoms with Gasteiger partial charge in [-0.15, -0.1) is 0 Å². The van der Waals surface area contributed by atoms with Crippen molar-refractivity contribution in [3.05, 3.63) is 0 Å². The molecule has 1 aliphatic heterocycles. The van der Waals surface area contributed by atoms with E-state index in [2.05, 4.69) is 13.8 Å². The van der Waals surface area contributed by atoms with Gasteiger partial charge in [0.25, 0.3) is 0 Å². The minimum Gasteiger partial charge on any atom is -0.460 e. The van der Waals surface area contributed by atoms with E-state index in [9.17, 15) is 4.79 Å². The van der Waals surface area contributed by atoms with E-state index in [4.69, 9.17) is 14.2 Å². The predicted octanol–water partition coefficient (Wildman–Crippen LogP) is 2.69. The highest BCUT2D eigenvalue weighted by atomic mass is 16.6. The topological polar surface area (TPSA) is 44.8 Å². The zero-order chi connectivity index (χ0) is 13.2. The number of esters is 1. The number of carbonyl (C=O) groups excluding carboxylic acids is 1. The summed E-state index contributed by atoms with van der Waals surface area (Å²) in [6.07, 6.45) is 5.36. The van der Waals surface area contributed by atoms with Crippen molar-refractivity contribution >= 4 is 5.97 Å². The lowest BCUT2D eigenvalue weighted by molar-refractivity contribution is -0.167. The third-order valence-electron chi connectivity index (χ3n) is 3.02. The minimum absolute atomic E-state index is 0.0116. The number of ether oxygens (including phenoxy) is 3. The van der Waals surface area contributed by atoms with Crippen molar-refractivity contribution < 1.29 is 19.0 Å². The lowest BCUT2D eigenvalue weighted by atomic mass is 10.1. The normalized spacial score (nSPS) is 24.0. The summed E-state index contributed by atoms with van der Waals surface area (Å²) in [5.74, 6) is -0.160. The molecule has 4 nitrogen and oxygen atoms in total. The Labute approximate surface area is 110 Å². The molecule has 0 aromatic heterocycles. The summed E-state index contributed by atoms with van der Waals surface area (Å²) < 4.78 is 16.5. The van der Waals surface area contributed by atoms with E-state index in [0.717, 1.165) is 45.3 Å². The molecule has 106 valence electrons. The van der Waals surface area contributed by atoms with Gasteiger partial charge in [-0.05, 0) is 12.8 Å². The molecular formula is C14H26O4. The molecule has 0 aliphatic carbocycles. The lowest BCUT2D eigenvalue weighted by Crippen LogP contribution is -2.37. The average Bonchev–Trinajstić information content (AvgIpc) is 2.34. The summed E-state index contributed by atoms with van der Waals surface area (Å²) in [5.41, 5.74) is 0. The first-order chi connectivity index (χ1) is 8.76. The van der Waals surface area contributed by atoms with Gasteiger partial charge < -0.3 is 14.2 Å². The van der Waals surface area contributed by atoms with Crippen molar-refractivity contribution in [2.75, 3.05) is 19.8 Å². The monoisotopic (exact) mass is 258 g/mol. The van der Waals surface area contributed by atoms with Gasteiger partial charge in [-0.1, -0.05) is 26.7 Å². The molecule has 0 saturated carbocycles. The Bertz CT molecular complexity index is 230. The zero-order valence-electron chi connectivity index (χ0n) is 11.7. The van der Waals surface area contributed by atoms with E-state index < -0.39 is 0 Å². The van der Waals surface area contributed by atoms with Crippen LogP contribution in [-0.4, -0.2) is 38.0 Å². The quantitative estimate of drug-likeness (QED) is 0.471. The Kier molecular flexibility index (Phi) is 8.01. The van der Waals surface area contributed by atoms with E-state index in [-0.39, 0.29) is 18.2 Å². The highest BCUT2D eigenvalue weighted by molar-refractivity contribution is 5.71. The van der Waals surface area contributed by atoms with Gasteiger partial charge in [0.1, 0.15) is 6.10 Å². The van der Waals surface area contributed by atoms with Crippen LogP contribution in [0.2, 0.25) is 0 Å². The molecule has 18 heavy (non-hydrogen) atoms. The molecule has 2 unspecified atom stereocenters. The molecule has 0 N–H and O–H groups in total. The number of hydrogen-bond donors (Lipinski definition) is 0. The van der Waals surface area contributed by atoms with Crippen LogP contribution < -0.4 is 0 Å². The van der Waals surface area contributed by atoms with E-state index in [0.29, 0.717) is 13.0 Å². The Hall–Kier alpha value is -0.610. The maximum Gasteiger partial charge on any atom is 0.308 e. The second-order valence-electron chi connectivity index (χ2n) is 4.83. The molecule has 1 fully saturated rings. The van der Waals surface area contributed by atoms with Crippen LogP contribution in [0, 0.1) is 0 Å². The second-order valence-corrected chi connectivity index (χ2v) is 4.83. The molecule has 1 saturated heterocycles. The molecule has 0 amide bonds. The summed E-state index contributed by atoms with van der Waals surface area (Å²) in [4.78, 5) is 11.4. The lowest BCUT2D eigenvalue weighted by Gasteiger charge is -2.28. The molecule has 0 spiro atoms. The molecule has 1 aliphatic rings. The molecular weight excluding hydrogens is 232 g/mol. The fourth-order valence-electron chi connectivity index (χ4n) is 1.93.